The number of carbonyl (C=O) groups excluding carboxylic acids is 1. The van der Waals surface area contributed by atoms with Crippen LogP contribution in [0.1, 0.15) is 49.2 Å². The number of benzene rings is 1. The van der Waals surface area contributed by atoms with Gasteiger partial charge < -0.3 is 9.64 Å². The van der Waals surface area contributed by atoms with Gasteiger partial charge in [-0.1, -0.05) is 19.9 Å². The van der Waals surface area contributed by atoms with E-state index in [0.29, 0.717) is 17.2 Å². The SMILES string of the molecule is COc1cc(-c2csc(-c3ccnc(CC(C)C)c3)c2)ccc1C(=O)N1CCCCC1. The van der Waals surface area contributed by atoms with E-state index in [1.807, 2.05) is 29.3 Å². The largest absolute Gasteiger partial charge is 0.496 e. The lowest BCUT2D eigenvalue weighted by Gasteiger charge is -2.27. The summed E-state index contributed by atoms with van der Waals surface area (Å²) in [4.78, 5) is 20.6. The van der Waals surface area contributed by atoms with Crippen molar-refractivity contribution in [3.63, 3.8) is 0 Å². The second-order valence-electron chi connectivity index (χ2n) is 8.60. The molecule has 1 fully saturated rings. The van der Waals surface area contributed by atoms with Crippen molar-refractivity contribution in [1.29, 1.82) is 0 Å². The van der Waals surface area contributed by atoms with Gasteiger partial charge in [-0.15, -0.1) is 11.3 Å². The number of methoxy groups -OCH3 is 1. The monoisotopic (exact) mass is 434 g/mol. The van der Waals surface area contributed by atoms with E-state index in [-0.39, 0.29) is 5.91 Å². The number of piperidine rings is 1. The maximum atomic E-state index is 13.0. The van der Waals surface area contributed by atoms with Crippen LogP contribution in [-0.4, -0.2) is 36.0 Å². The lowest BCUT2D eigenvalue weighted by molar-refractivity contribution is 0.0721. The van der Waals surface area contributed by atoms with Crippen LogP contribution in [0.25, 0.3) is 21.6 Å². The van der Waals surface area contributed by atoms with Crippen LogP contribution in [0.4, 0.5) is 0 Å². The van der Waals surface area contributed by atoms with Gasteiger partial charge in [0, 0.05) is 29.9 Å². The third-order valence-electron chi connectivity index (χ3n) is 5.73. The van der Waals surface area contributed by atoms with Crippen molar-refractivity contribution < 1.29 is 9.53 Å². The van der Waals surface area contributed by atoms with Crippen molar-refractivity contribution in [2.75, 3.05) is 20.2 Å². The van der Waals surface area contributed by atoms with Crippen molar-refractivity contribution in [2.24, 2.45) is 5.92 Å². The second-order valence-corrected chi connectivity index (χ2v) is 9.51. The Bertz CT molecular complexity index is 1050. The Labute approximate surface area is 188 Å². The molecule has 1 amide bonds. The average Bonchev–Trinajstić information content (AvgIpc) is 3.29. The minimum absolute atomic E-state index is 0.0728. The number of hydrogen-bond acceptors (Lipinski definition) is 4. The molecule has 1 aliphatic rings. The van der Waals surface area contributed by atoms with Gasteiger partial charge in [0.2, 0.25) is 0 Å². The number of likely N-dealkylation sites (tertiary alicyclic amines) is 1. The zero-order chi connectivity index (χ0) is 21.8. The van der Waals surface area contributed by atoms with E-state index in [4.69, 9.17) is 4.74 Å². The fourth-order valence-electron chi connectivity index (χ4n) is 4.12. The zero-order valence-corrected chi connectivity index (χ0v) is 19.4. The number of thiophene rings is 1. The topological polar surface area (TPSA) is 42.4 Å². The van der Waals surface area contributed by atoms with Crippen molar-refractivity contribution in [3.05, 3.63) is 59.2 Å². The van der Waals surface area contributed by atoms with Crippen molar-refractivity contribution in [3.8, 4) is 27.3 Å². The van der Waals surface area contributed by atoms with E-state index < -0.39 is 0 Å². The van der Waals surface area contributed by atoms with Crippen LogP contribution in [-0.2, 0) is 6.42 Å². The third kappa shape index (κ3) is 4.99. The Hall–Kier alpha value is -2.66. The van der Waals surface area contributed by atoms with Gasteiger partial charge in [0.1, 0.15) is 5.75 Å². The second kappa shape index (κ2) is 9.65. The van der Waals surface area contributed by atoms with Crippen molar-refractivity contribution in [1.82, 2.24) is 9.88 Å². The predicted molar refractivity (Wildman–Crippen MR) is 128 cm³/mol. The molecule has 2 aromatic heterocycles. The van der Waals surface area contributed by atoms with E-state index in [1.165, 1.54) is 16.9 Å². The van der Waals surface area contributed by atoms with E-state index in [1.54, 1.807) is 18.4 Å². The highest BCUT2D eigenvalue weighted by atomic mass is 32.1. The number of pyridine rings is 1. The highest BCUT2D eigenvalue weighted by Gasteiger charge is 2.22. The van der Waals surface area contributed by atoms with Gasteiger partial charge in [0.15, 0.2) is 0 Å². The molecule has 4 nitrogen and oxygen atoms in total. The minimum Gasteiger partial charge on any atom is -0.496 e. The molecular weight excluding hydrogens is 404 g/mol. The number of nitrogens with zero attached hydrogens (tertiary/aromatic N) is 2. The third-order valence-corrected chi connectivity index (χ3v) is 6.71. The summed E-state index contributed by atoms with van der Waals surface area (Å²) in [6, 6.07) is 12.4. The minimum atomic E-state index is 0.0728. The zero-order valence-electron chi connectivity index (χ0n) is 18.6. The van der Waals surface area contributed by atoms with Gasteiger partial charge in [-0.05, 0) is 84.0 Å². The fraction of sp³-hybridized carbons (Fsp3) is 0.385. The Balaban J connectivity index is 1.58. The first-order valence-electron chi connectivity index (χ1n) is 11.1. The van der Waals surface area contributed by atoms with E-state index in [0.717, 1.165) is 49.2 Å². The molecule has 1 saturated heterocycles. The van der Waals surface area contributed by atoms with Gasteiger partial charge in [-0.3, -0.25) is 9.78 Å². The summed E-state index contributed by atoms with van der Waals surface area (Å²) in [5.41, 5.74) is 5.18. The normalized spacial score (nSPS) is 14.1. The predicted octanol–water partition coefficient (Wildman–Crippen LogP) is 6.31. The molecule has 5 heteroatoms. The number of amides is 1. The first kappa shape index (κ1) is 21.6. The van der Waals surface area contributed by atoms with E-state index >= 15 is 0 Å². The molecule has 162 valence electrons. The molecule has 3 heterocycles. The first-order chi connectivity index (χ1) is 15.0. The molecular formula is C26H30N2O2S. The summed E-state index contributed by atoms with van der Waals surface area (Å²) < 4.78 is 5.61. The number of hydrogen-bond donors (Lipinski definition) is 0. The molecule has 0 atom stereocenters. The Morgan fingerprint density at radius 1 is 1.06 bits per heavy atom. The van der Waals surface area contributed by atoms with Gasteiger partial charge in [0.05, 0.1) is 12.7 Å². The van der Waals surface area contributed by atoms with E-state index in [9.17, 15) is 4.79 Å². The standard InChI is InChI=1S/C26H30N2O2S/c1-18(2)13-22-14-20(9-10-27-22)25-16-21(17-31-25)19-7-8-23(24(15-19)30-3)26(29)28-11-5-4-6-12-28/h7-10,14-18H,4-6,11-13H2,1-3H3. The molecule has 0 unspecified atom stereocenters. The lowest BCUT2D eigenvalue weighted by Crippen LogP contribution is -2.35. The smallest absolute Gasteiger partial charge is 0.257 e. The van der Waals surface area contributed by atoms with E-state index in [2.05, 4.69) is 42.4 Å². The molecule has 1 aromatic carbocycles. The highest BCUT2D eigenvalue weighted by Crippen LogP contribution is 2.35. The van der Waals surface area contributed by atoms with Crippen LogP contribution in [0.5, 0.6) is 5.75 Å². The van der Waals surface area contributed by atoms with Crippen LogP contribution in [0.2, 0.25) is 0 Å². The maximum absolute atomic E-state index is 13.0. The number of aromatic nitrogens is 1. The molecule has 31 heavy (non-hydrogen) atoms. The van der Waals surface area contributed by atoms with Gasteiger partial charge in [0.25, 0.3) is 5.91 Å². The molecule has 0 spiro atoms. The average molecular weight is 435 g/mol. The summed E-state index contributed by atoms with van der Waals surface area (Å²) in [5, 5.41) is 2.17. The van der Waals surface area contributed by atoms with Crippen molar-refractivity contribution in [2.45, 2.75) is 39.5 Å². The first-order valence-corrected chi connectivity index (χ1v) is 11.9. The maximum Gasteiger partial charge on any atom is 0.257 e. The Morgan fingerprint density at radius 2 is 1.87 bits per heavy atom. The van der Waals surface area contributed by atoms with Crippen LogP contribution < -0.4 is 4.74 Å². The molecule has 3 aromatic rings. The molecule has 0 bridgehead atoms. The number of rotatable bonds is 6. The summed E-state index contributed by atoms with van der Waals surface area (Å²) in [6.07, 6.45) is 6.25. The summed E-state index contributed by atoms with van der Waals surface area (Å²) in [7, 11) is 1.64. The fourth-order valence-corrected chi connectivity index (χ4v) is 5.03. The van der Waals surface area contributed by atoms with Crippen LogP contribution >= 0.6 is 11.3 Å². The van der Waals surface area contributed by atoms with Crippen LogP contribution in [0.15, 0.2) is 48.0 Å². The van der Waals surface area contributed by atoms with Gasteiger partial charge in [-0.2, -0.15) is 0 Å². The molecule has 1 aliphatic heterocycles. The molecule has 0 saturated carbocycles. The summed E-state index contributed by atoms with van der Waals surface area (Å²) in [5.74, 6) is 1.30. The lowest BCUT2D eigenvalue weighted by atomic mass is 10.0. The van der Waals surface area contributed by atoms with Gasteiger partial charge >= 0.3 is 0 Å². The molecule has 0 radical (unpaired) electrons. The summed E-state index contributed by atoms with van der Waals surface area (Å²) in [6.45, 7) is 6.10. The summed E-state index contributed by atoms with van der Waals surface area (Å²) >= 11 is 1.73. The molecule has 0 aliphatic carbocycles. The van der Waals surface area contributed by atoms with Crippen molar-refractivity contribution >= 4 is 17.2 Å². The quantitative estimate of drug-likeness (QED) is 0.456. The highest BCUT2D eigenvalue weighted by molar-refractivity contribution is 7.14. The Morgan fingerprint density at radius 3 is 2.61 bits per heavy atom. The van der Waals surface area contributed by atoms with Crippen LogP contribution in [0, 0.1) is 5.92 Å². The number of carbonyl (C=O) groups is 1. The Kier molecular flexibility index (Phi) is 6.71. The number of ether oxygens (including phenoxy) is 1. The molecule has 4 rings (SSSR count). The van der Waals surface area contributed by atoms with Crippen LogP contribution in [0.3, 0.4) is 0 Å². The van der Waals surface area contributed by atoms with Gasteiger partial charge in [-0.25, -0.2) is 0 Å². The molecule has 0 N–H and O–H groups in total.